The number of rotatable bonds is 1. The van der Waals surface area contributed by atoms with Gasteiger partial charge in [0, 0.05) is 13.6 Å². The van der Waals surface area contributed by atoms with Crippen molar-refractivity contribution in [1.82, 2.24) is 10.2 Å². The normalized spacial score (nSPS) is 32.7. The lowest BCUT2D eigenvalue weighted by molar-refractivity contribution is 0.226. The van der Waals surface area contributed by atoms with Crippen molar-refractivity contribution in [2.45, 2.75) is 18.9 Å². The van der Waals surface area contributed by atoms with Crippen LogP contribution < -0.4 is 5.32 Å². The molecule has 0 aromatic rings. The molecule has 1 atom stereocenters. The maximum atomic E-state index is 10.9. The predicted octanol–water partition coefficient (Wildman–Crippen LogP) is 0.420. The summed E-state index contributed by atoms with van der Waals surface area (Å²) >= 11 is 0. The van der Waals surface area contributed by atoms with Crippen LogP contribution in [-0.4, -0.2) is 30.6 Å². The molecular weight excluding hydrogens is 128 g/mol. The average Bonchev–Trinajstić information content (AvgIpc) is 2.64. The van der Waals surface area contributed by atoms with Crippen molar-refractivity contribution < 1.29 is 4.79 Å². The minimum atomic E-state index is 0.0944. The SMILES string of the molecule is CN1C[C@@H](C2CC2)NC1=O. The standard InChI is InChI=1S/C7H12N2O/c1-9-4-6(5-2-3-5)8-7(9)10/h5-6H,2-4H2,1H3,(H,8,10)/t6-/m0/s1. The highest BCUT2D eigenvalue weighted by Crippen LogP contribution is 2.34. The van der Waals surface area contributed by atoms with Crippen molar-refractivity contribution in [2.75, 3.05) is 13.6 Å². The third-order valence-electron chi connectivity index (χ3n) is 2.32. The first-order chi connectivity index (χ1) is 4.77. The van der Waals surface area contributed by atoms with Crippen LogP contribution in [0.1, 0.15) is 12.8 Å². The molecule has 2 rings (SSSR count). The quantitative estimate of drug-likeness (QED) is 0.562. The van der Waals surface area contributed by atoms with Crippen molar-refractivity contribution >= 4 is 6.03 Å². The van der Waals surface area contributed by atoms with Crippen molar-refractivity contribution in [1.29, 1.82) is 0 Å². The zero-order chi connectivity index (χ0) is 7.14. The second-order valence-corrected chi connectivity index (χ2v) is 3.27. The van der Waals surface area contributed by atoms with Crippen LogP contribution in [0.2, 0.25) is 0 Å². The smallest absolute Gasteiger partial charge is 0.317 e. The lowest BCUT2D eigenvalue weighted by Gasteiger charge is -2.05. The molecule has 1 aliphatic heterocycles. The highest BCUT2D eigenvalue weighted by molar-refractivity contribution is 5.76. The number of carbonyl (C=O) groups is 1. The molecule has 0 bridgehead atoms. The average molecular weight is 140 g/mol. The van der Waals surface area contributed by atoms with Gasteiger partial charge in [-0.05, 0) is 18.8 Å². The summed E-state index contributed by atoms with van der Waals surface area (Å²) in [6, 6.07) is 0.550. The molecule has 3 nitrogen and oxygen atoms in total. The van der Waals surface area contributed by atoms with E-state index in [0.717, 1.165) is 12.5 Å². The number of urea groups is 1. The molecule has 1 N–H and O–H groups in total. The van der Waals surface area contributed by atoms with Gasteiger partial charge in [0.15, 0.2) is 0 Å². The molecule has 0 aromatic heterocycles. The number of nitrogens with zero attached hydrogens (tertiary/aromatic N) is 1. The van der Waals surface area contributed by atoms with Gasteiger partial charge in [0.25, 0.3) is 0 Å². The van der Waals surface area contributed by atoms with E-state index in [4.69, 9.17) is 0 Å². The monoisotopic (exact) mass is 140 g/mol. The molecule has 2 aliphatic rings. The van der Waals surface area contributed by atoms with E-state index in [9.17, 15) is 4.79 Å². The lowest BCUT2D eigenvalue weighted by atomic mass is 10.2. The summed E-state index contributed by atoms with van der Waals surface area (Å²) in [5.41, 5.74) is 0. The fourth-order valence-corrected chi connectivity index (χ4v) is 1.46. The van der Waals surface area contributed by atoms with Crippen molar-refractivity contribution in [3.8, 4) is 0 Å². The van der Waals surface area contributed by atoms with Gasteiger partial charge in [-0.3, -0.25) is 0 Å². The van der Waals surface area contributed by atoms with E-state index in [1.54, 1.807) is 4.90 Å². The largest absolute Gasteiger partial charge is 0.333 e. The minimum Gasteiger partial charge on any atom is -0.333 e. The lowest BCUT2D eigenvalue weighted by Crippen LogP contribution is -2.28. The zero-order valence-electron chi connectivity index (χ0n) is 6.13. The summed E-state index contributed by atoms with van der Waals surface area (Å²) in [5, 5.41) is 2.95. The van der Waals surface area contributed by atoms with E-state index in [1.807, 2.05) is 7.05 Å². The number of amides is 2. The predicted molar refractivity (Wildman–Crippen MR) is 37.7 cm³/mol. The molecule has 0 aromatic carbocycles. The van der Waals surface area contributed by atoms with Crippen molar-refractivity contribution in [3.63, 3.8) is 0 Å². The Morgan fingerprint density at radius 3 is 2.70 bits per heavy atom. The fraction of sp³-hybridized carbons (Fsp3) is 0.857. The van der Waals surface area contributed by atoms with E-state index in [1.165, 1.54) is 12.8 Å². The Kier molecular flexibility index (Phi) is 1.13. The van der Waals surface area contributed by atoms with Crippen LogP contribution in [0.15, 0.2) is 0 Å². The van der Waals surface area contributed by atoms with Crippen LogP contribution in [0.5, 0.6) is 0 Å². The van der Waals surface area contributed by atoms with E-state index < -0.39 is 0 Å². The van der Waals surface area contributed by atoms with Gasteiger partial charge < -0.3 is 10.2 Å². The summed E-state index contributed by atoms with van der Waals surface area (Å²) < 4.78 is 0. The summed E-state index contributed by atoms with van der Waals surface area (Å²) in [5.74, 6) is 0.786. The van der Waals surface area contributed by atoms with Gasteiger partial charge in [-0.25, -0.2) is 4.79 Å². The Morgan fingerprint density at radius 2 is 2.30 bits per heavy atom. The van der Waals surface area contributed by atoms with E-state index >= 15 is 0 Å². The van der Waals surface area contributed by atoms with Crippen LogP contribution in [0.25, 0.3) is 0 Å². The van der Waals surface area contributed by atoms with Gasteiger partial charge in [-0.1, -0.05) is 0 Å². The van der Waals surface area contributed by atoms with Gasteiger partial charge in [0.2, 0.25) is 0 Å². The first-order valence-corrected chi connectivity index (χ1v) is 3.79. The van der Waals surface area contributed by atoms with Gasteiger partial charge >= 0.3 is 6.03 Å². The maximum Gasteiger partial charge on any atom is 0.317 e. The van der Waals surface area contributed by atoms with Crippen LogP contribution in [0, 0.1) is 5.92 Å². The van der Waals surface area contributed by atoms with E-state index in [-0.39, 0.29) is 6.03 Å². The molecular formula is C7H12N2O. The van der Waals surface area contributed by atoms with E-state index in [0.29, 0.717) is 6.04 Å². The van der Waals surface area contributed by atoms with Crippen LogP contribution >= 0.6 is 0 Å². The molecule has 3 heteroatoms. The number of nitrogens with one attached hydrogen (secondary N) is 1. The molecule has 0 radical (unpaired) electrons. The van der Waals surface area contributed by atoms with Gasteiger partial charge in [0.05, 0.1) is 6.04 Å². The maximum absolute atomic E-state index is 10.9. The zero-order valence-corrected chi connectivity index (χ0v) is 6.13. The van der Waals surface area contributed by atoms with Crippen LogP contribution in [0.3, 0.4) is 0 Å². The minimum absolute atomic E-state index is 0.0944. The molecule has 10 heavy (non-hydrogen) atoms. The molecule has 1 saturated heterocycles. The Bertz CT molecular complexity index is 165. The second kappa shape index (κ2) is 1.87. The number of hydrogen-bond acceptors (Lipinski definition) is 1. The number of hydrogen-bond donors (Lipinski definition) is 1. The Hall–Kier alpha value is -0.730. The number of likely N-dealkylation sites (N-methyl/N-ethyl adjacent to an activating group) is 1. The molecule has 0 unspecified atom stereocenters. The fourth-order valence-electron chi connectivity index (χ4n) is 1.46. The molecule has 1 saturated carbocycles. The molecule has 1 heterocycles. The summed E-state index contributed by atoms with van der Waals surface area (Å²) in [6.07, 6.45) is 2.61. The highest BCUT2D eigenvalue weighted by atomic mass is 16.2. The second-order valence-electron chi connectivity index (χ2n) is 3.27. The van der Waals surface area contributed by atoms with Crippen LogP contribution in [-0.2, 0) is 0 Å². The summed E-state index contributed by atoms with van der Waals surface area (Å²) in [4.78, 5) is 12.7. The third-order valence-corrected chi connectivity index (χ3v) is 2.32. The highest BCUT2D eigenvalue weighted by Gasteiger charge is 2.37. The van der Waals surface area contributed by atoms with Crippen molar-refractivity contribution in [2.24, 2.45) is 5.92 Å². The Balaban J connectivity index is 1.97. The Labute approximate surface area is 60.4 Å². The Morgan fingerprint density at radius 1 is 1.60 bits per heavy atom. The molecule has 2 fully saturated rings. The van der Waals surface area contributed by atoms with Crippen LogP contribution in [0.4, 0.5) is 4.79 Å². The van der Waals surface area contributed by atoms with Gasteiger partial charge in [-0.15, -0.1) is 0 Å². The topological polar surface area (TPSA) is 32.3 Å². The molecule has 56 valence electrons. The van der Waals surface area contributed by atoms with Gasteiger partial charge in [0.1, 0.15) is 0 Å². The molecule has 0 spiro atoms. The van der Waals surface area contributed by atoms with Crippen molar-refractivity contribution in [3.05, 3.63) is 0 Å². The van der Waals surface area contributed by atoms with Gasteiger partial charge in [-0.2, -0.15) is 0 Å². The number of carbonyl (C=O) groups excluding carboxylic acids is 1. The summed E-state index contributed by atoms with van der Waals surface area (Å²) in [6.45, 7) is 0.906. The molecule has 1 aliphatic carbocycles. The first-order valence-electron chi connectivity index (χ1n) is 3.79. The molecule has 2 amide bonds. The summed E-state index contributed by atoms with van der Waals surface area (Å²) in [7, 11) is 1.84. The third kappa shape index (κ3) is 0.856. The van der Waals surface area contributed by atoms with E-state index in [2.05, 4.69) is 5.32 Å². The first kappa shape index (κ1) is 6.01.